The van der Waals surface area contributed by atoms with E-state index in [4.69, 9.17) is 17.0 Å². The Morgan fingerprint density at radius 3 is 1.00 bits per heavy atom. The second kappa shape index (κ2) is 12.7. The van der Waals surface area contributed by atoms with Crippen molar-refractivity contribution in [3.8, 4) is 0 Å². The molecular weight excluding hydrogens is 328 g/mol. The Bertz CT molecular complexity index is 333. The predicted molar refractivity (Wildman–Crippen MR) is 78.5 cm³/mol. The van der Waals surface area contributed by atoms with Crippen LogP contribution in [0.5, 0.6) is 0 Å². The van der Waals surface area contributed by atoms with Crippen molar-refractivity contribution >= 4 is 29.7 Å². The normalized spacial score (nSPS) is 7.76. The summed E-state index contributed by atoms with van der Waals surface area (Å²) in [6.45, 7) is 4.33. The van der Waals surface area contributed by atoms with Gasteiger partial charge in [-0.1, -0.05) is 12.1 Å². The molecule has 0 bridgehead atoms. The molecule has 0 aliphatic heterocycles. The van der Waals surface area contributed by atoms with Gasteiger partial charge in [0, 0.05) is 0 Å². The Morgan fingerprint density at radius 1 is 0.647 bits per heavy atom. The summed E-state index contributed by atoms with van der Waals surface area (Å²) in [4.78, 5) is 0. The zero-order chi connectivity index (χ0) is 12.9. The van der Waals surface area contributed by atoms with Crippen LogP contribution >= 0.6 is 17.0 Å². The summed E-state index contributed by atoms with van der Waals surface area (Å²) in [5.41, 5.74) is 0. The summed E-state index contributed by atoms with van der Waals surface area (Å²) >= 11 is -0.826. The molecule has 0 nitrogen and oxygen atoms in total. The monoisotopic (exact) mass is 342 g/mol. The van der Waals surface area contributed by atoms with Gasteiger partial charge in [0.25, 0.3) is 0 Å². The van der Waals surface area contributed by atoms with Crippen molar-refractivity contribution in [2.75, 3.05) is 0 Å². The maximum absolute atomic E-state index is 4.93. The second-order valence-corrected chi connectivity index (χ2v) is 7.45. The molecule has 88 valence electrons. The van der Waals surface area contributed by atoms with Crippen molar-refractivity contribution in [1.82, 2.24) is 0 Å². The van der Waals surface area contributed by atoms with Crippen LogP contribution in [0.3, 0.4) is 0 Å². The number of hydrogen-bond donors (Lipinski definition) is 0. The summed E-state index contributed by atoms with van der Waals surface area (Å²) in [5, 5.41) is 0. The molecule has 0 atom stereocenters. The Morgan fingerprint density at radius 2 is 0.882 bits per heavy atom. The molecule has 0 aliphatic rings. The maximum atomic E-state index is 4.93. The van der Waals surface area contributed by atoms with Crippen molar-refractivity contribution in [1.29, 1.82) is 0 Å². The first kappa shape index (κ1) is 17.3. The summed E-state index contributed by atoms with van der Waals surface area (Å²) in [6.07, 6.45) is 1.29. The van der Waals surface area contributed by atoms with Gasteiger partial charge in [-0.2, -0.15) is 0 Å². The molecule has 0 unspecified atom stereocenters. The first-order valence-corrected chi connectivity index (χ1v) is 11.9. The average Bonchev–Trinajstić information content (AvgIpc) is 2.33. The molecular formula is C12H16B2Cl2Zr. The Kier molecular flexibility index (Phi) is 13.0. The third kappa shape index (κ3) is 12.5. The minimum atomic E-state index is -0.826. The van der Waals surface area contributed by atoms with Crippen LogP contribution in [0.25, 0.3) is 0 Å². The van der Waals surface area contributed by atoms with Crippen LogP contribution in [-0.4, -0.2) is 12.7 Å². The number of rotatable bonds is 0. The van der Waals surface area contributed by atoms with Gasteiger partial charge in [0.2, 0.25) is 0 Å². The fourth-order valence-corrected chi connectivity index (χ4v) is 1.21. The van der Waals surface area contributed by atoms with E-state index in [1.54, 1.807) is 0 Å². The van der Waals surface area contributed by atoms with Crippen molar-refractivity contribution in [3.05, 3.63) is 60.2 Å². The van der Waals surface area contributed by atoms with Gasteiger partial charge >= 0.3 is 37.9 Å². The Labute approximate surface area is 124 Å². The van der Waals surface area contributed by atoms with Crippen molar-refractivity contribution < 1.29 is 20.8 Å². The van der Waals surface area contributed by atoms with Crippen LogP contribution in [0.1, 0.15) is 0 Å². The minimum absolute atomic E-state index is 0.644. The van der Waals surface area contributed by atoms with E-state index in [-0.39, 0.29) is 0 Å². The molecule has 0 radical (unpaired) electrons. The van der Waals surface area contributed by atoms with Gasteiger partial charge in [-0.25, -0.2) is 13.6 Å². The molecule has 2 rings (SSSR count). The van der Waals surface area contributed by atoms with Gasteiger partial charge in [0.15, 0.2) is 0 Å². The summed E-state index contributed by atoms with van der Waals surface area (Å²) in [6, 6.07) is 12.4. The van der Waals surface area contributed by atoms with E-state index in [1.165, 1.54) is 0 Å². The van der Waals surface area contributed by atoms with Crippen molar-refractivity contribution in [3.63, 3.8) is 0 Å². The molecule has 2 heterocycles. The summed E-state index contributed by atoms with van der Waals surface area (Å²) in [5.74, 6) is 8.67. The van der Waals surface area contributed by atoms with Crippen LogP contribution in [-0.2, 0) is 34.5 Å². The molecule has 17 heavy (non-hydrogen) atoms. The predicted octanol–water partition coefficient (Wildman–Crippen LogP) is 3.88. The van der Waals surface area contributed by atoms with Gasteiger partial charge in [0.1, 0.15) is 0 Å². The third-order valence-electron chi connectivity index (χ3n) is 2.10. The Hall–Kier alpha value is 0.293. The second-order valence-electron chi connectivity index (χ2n) is 3.71. The zero-order valence-electron chi connectivity index (χ0n) is 10.2. The quantitative estimate of drug-likeness (QED) is 0.681. The first-order chi connectivity index (χ1) is 8.20. The van der Waals surface area contributed by atoms with Crippen molar-refractivity contribution in [2.45, 2.75) is 0 Å². The zero-order valence-corrected chi connectivity index (χ0v) is 14.2. The number of halogens is 2. The number of hydrogen-bond acceptors (Lipinski definition) is 0. The third-order valence-corrected chi connectivity index (χ3v) is 2.10. The van der Waals surface area contributed by atoms with Crippen LogP contribution in [0.4, 0.5) is 0 Å². The average molecular weight is 344 g/mol. The van der Waals surface area contributed by atoms with E-state index < -0.39 is 20.8 Å². The molecule has 0 saturated heterocycles. The molecule has 0 N–H and O–H groups in total. The van der Waals surface area contributed by atoms with Crippen molar-refractivity contribution in [2.24, 2.45) is 13.6 Å². The molecule has 0 aromatic carbocycles. The van der Waals surface area contributed by atoms with Gasteiger partial charge < -0.3 is 0 Å². The summed E-state index contributed by atoms with van der Waals surface area (Å²) < 4.78 is 0. The van der Waals surface area contributed by atoms with E-state index in [0.717, 1.165) is 0 Å². The SMILES string of the molecule is C[b-]1ccccc1.C[b-]1ccccc1.[Cl][Zr+2][Cl]. The van der Waals surface area contributed by atoms with E-state index in [0.29, 0.717) is 12.7 Å². The van der Waals surface area contributed by atoms with Gasteiger partial charge in [-0.3, -0.25) is 23.8 Å². The molecule has 2 aromatic heterocycles. The standard InChI is InChI=1S/2C6H8B.2ClH.Zr/c2*1-7-5-3-2-4-6-7;;;/h2*2-6H,1H3;2*1H;/q2*-1;;;+4/p-2. The van der Waals surface area contributed by atoms with Gasteiger partial charge in [-0.05, 0) is 0 Å². The van der Waals surface area contributed by atoms with Crippen LogP contribution < -0.4 is 0 Å². The molecule has 0 amide bonds. The van der Waals surface area contributed by atoms with Crippen LogP contribution in [0.2, 0.25) is 0 Å². The fourth-order valence-electron chi connectivity index (χ4n) is 1.21. The molecule has 0 spiro atoms. The molecule has 5 heteroatoms. The van der Waals surface area contributed by atoms with E-state index in [9.17, 15) is 0 Å². The topological polar surface area (TPSA) is 0 Å². The van der Waals surface area contributed by atoms with Crippen LogP contribution in [0.15, 0.2) is 60.2 Å². The summed E-state index contributed by atoms with van der Waals surface area (Å²) in [7, 11) is 9.87. The van der Waals surface area contributed by atoms with E-state index >= 15 is 0 Å². The van der Waals surface area contributed by atoms with E-state index in [1.807, 2.05) is 12.1 Å². The fraction of sp³-hybridized carbons (Fsp3) is 0.167. The number of aryl methyl sites for hydroxylation is 2. The van der Waals surface area contributed by atoms with E-state index in [2.05, 4.69) is 61.8 Å². The van der Waals surface area contributed by atoms with Gasteiger partial charge in [-0.15, -0.1) is 37.0 Å². The first-order valence-electron chi connectivity index (χ1n) is 5.53. The molecule has 0 saturated carbocycles. The molecule has 0 aliphatic carbocycles. The Balaban J connectivity index is 0.000000247. The molecule has 2 aromatic rings. The van der Waals surface area contributed by atoms with Crippen LogP contribution in [0, 0.1) is 0 Å². The molecule has 0 fully saturated rings. The van der Waals surface area contributed by atoms with Gasteiger partial charge in [0.05, 0.1) is 0 Å².